The third-order valence-electron chi connectivity index (χ3n) is 2.75. The molecule has 1 aromatic heterocycles. The van der Waals surface area contributed by atoms with Gasteiger partial charge in [-0.1, -0.05) is 0 Å². The molecule has 1 unspecified atom stereocenters. The molecule has 1 atom stereocenters. The maximum absolute atomic E-state index is 11.7. The van der Waals surface area contributed by atoms with Crippen LogP contribution >= 0.6 is 0 Å². The molecule has 0 radical (unpaired) electrons. The topological polar surface area (TPSA) is 109 Å². The van der Waals surface area contributed by atoms with Gasteiger partial charge >= 0.3 is 5.63 Å². The Morgan fingerprint density at radius 1 is 1.33 bits per heavy atom. The number of ether oxygens (including phenoxy) is 2. The molecule has 0 saturated heterocycles. The molecule has 7 heteroatoms. The summed E-state index contributed by atoms with van der Waals surface area (Å²) in [6, 6.07) is 4.47. The highest BCUT2D eigenvalue weighted by atomic mass is 16.5. The van der Waals surface area contributed by atoms with Crippen molar-refractivity contribution in [3.05, 3.63) is 28.6 Å². The van der Waals surface area contributed by atoms with Gasteiger partial charge in [0.1, 0.15) is 24.0 Å². The monoisotopic (exact) mass is 296 g/mol. The number of aliphatic hydroxyl groups excluding tert-OH is 2. The molecule has 0 amide bonds. The lowest BCUT2D eigenvalue weighted by Gasteiger charge is -2.11. The minimum atomic E-state index is -0.999. The fourth-order valence-electron chi connectivity index (χ4n) is 1.75. The largest absolute Gasteiger partial charge is 0.504 e. The Labute approximate surface area is 120 Å². The van der Waals surface area contributed by atoms with Crippen molar-refractivity contribution in [2.75, 3.05) is 19.8 Å². The average molecular weight is 296 g/mol. The lowest BCUT2D eigenvalue weighted by Crippen LogP contribution is -2.21. The van der Waals surface area contributed by atoms with E-state index in [-0.39, 0.29) is 30.3 Å². The fraction of sp³-hybridized carbons (Fsp3) is 0.357. The molecular weight excluding hydrogens is 280 g/mol. The fourth-order valence-corrected chi connectivity index (χ4v) is 1.75. The third kappa shape index (κ3) is 3.26. The van der Waals surface area contributed by atoms with E-state index in [0.29, 0.717) is 11.1 Å². The molecule has 0 bridgehead atoms. The third-order valence-corrected chi connectivity index (χ3v) is 2.75. The molecule has 0 aliphatic heterocycles. The Morgan fingerprint density at radius 3 is 2.76 bits per heavy atom. The summed E-state index contributed by atoms with van der Waals surface area (Å²) < 4.78 is 15.4. The molecule has 0 saturated carbocycles. The Bertz CT molecular complexity index is 677. The first-order valence-electron chi connectivity index (χ1n) is 6.41. The van der Waals surface area contributed by atoms with Crippen molar-refractivity contribution in [1.82, 2.24) is 0 Å². The molecule has 0 fully saturated rings. The van der Waals surface area contributed by atoms with Crippen LogP contribution in [0.5, 0.6) is 17.2 Å². The summed E-state index contributed by atoms with van der Waals surface area (Å²) in [6.07, 6.45) is -0.999. The number of rotatable bonds is 6. The van der Waals surface area contributed by atoms with Crippen molar-refractivity contribution in [2.45, 2.75) is 13.0 Å². The van der Waals surface area contributed by atoms with E-state index in [1.165, 1.54) is 12.1 Å². The van der Waals surface area contributed by atoms with E-state index in [0.717, 1.165) is 0 Å². The van der Waals surface area contributed by atoms with Crippen molar-refractivity contribution in [3.63, 3.8) is 0 Å². The zero-order valence-electron chi connectivity index (χ0n) is 11.4. The molecule has 114 valence electrons. The smallest absolute Gasteiger partial charge is 0.383 e. The predicted octanol–water partition coefficient (Wildman–Crippen LogP) is 0.629. The van der Waals surface area contributed by atoms with Crippen LogP contribution in [-0.2, 0) is 0 Å². The number of fused-ring (bicyclic) bond motifs is 1. The molecule has 2 aromatic rings. The Morgan fingerprint density at radius 2 is 2.10 bits per heavy atom. The standard InChI is InChI=1S/C14H16O7/c1-2-19-13-12(17)10-4-3-9(20-7-8(16)6-15)5-11(10)21-14(13)18/h3-5,8,15-17H,2,6-7H2,1H3. The zero-order valence-corrected chi connectivity index (χ0v) is 11.4. The average Bonchev–Trinajstić information content (AvgIpc) is 2.48. The van der Waals surface area contributed by atoms with Crippen LogP contribution in [0.15, 0.2) is 27.4 Å². The van der Waals surface area contributed by atoms with Crippen LogP contribution in [0, 0.1) is 0 Å². The Kier molecular flexibility index (Phi) is 4.66. The highest BCUT2D eigenvalue weighted by Gasteiger charge is 2.15. The maximum Gasteiger partial charge on any atom is 0.383 e. The lowest BCUT2D eigenvalue weighted by molar-refractivity contribution is 0.0536. The first-order valence-corrected chi connectivity index (χ1v) is 6.41. The van der Waals surface area contributed by atoms with E-state index in [1.807, 2.05) is 0 Å². The number of hydrogen-bond donors (Lipinski definition) is 3. The van der Waals surface area contributed by atoms with Gasteiger partial charge in [-0.05, 0) is 19.1 Å². The summed E-state index contributed by atoms with van der Waals surface area (Å²) >= 11 is 0. The van der Waals surface area contributed by atoms with Gasteiger partial charge in [-0.15, -0.1) is 0 Å². The van der Waals surface area contributed by atoms with Crippen molar-refractivity contribution in [2.24, 2.45) is 0 Å². The Hall–Kier alpha value is -2.25. The van der Waals surface area contributed by atoms with Crippen LogP contribution in [0.25, 0.3) is 11.0 Å². The number of aromatic hydroxyl groups is 1. The summed E-state index contributed by atoms with van der Waals surface area (Å²) in [4.78, 5) is 11.7. The normalized spacial score (nSPS) is 12.3. The predicted molar refractivity (Wildman–Crippen MR) is 73.9 cm³/mol. The summed E-state index contributed by atoms with van der Waals surface area (Å²) in [5.74, 6) is -0.180. The molecule has 1 aromatic carbocycles. The van der Waals surface area contributed by atoms with E-state index >= 15 is 0 Å². The molecular formula is C14H16O7. The Balaban J connectivity index is 2.36. The van der Waals surface area contributed by atoms with Crippen LogP contribution in [0.2, 0.25) is 0 Å². The van der Waals surface area contributed by atoms with Gasteiger partial charge in [-0.2, -0.15) is 0 Å². The second-order valence-electron chi connectivity index (χ2n) is 4.31. The van der Waals surface area contributed by atoms with Gasteiger partial charge in [0.25, 0.3) is 0 Å². The van der Waals surface area contributed by atoms with Crippen LogP contribution in [0.4, 0.5) is 0 Å². The van der Waals surface area contributed by atoms with Gasteiger partial charge in [0.2, 0.25) is 5.75 Å². The van der Waals surface area contributed by atoms with E-state index < -0.39 is 18.3 Å². The quantitative estimate of drug-likeness (QED) is 0.671. The van der Waals surface area contributed by atoms with Crippen molar-refractivity contribution in [3.8, 4) is 17.2 Å². The van der Waals surface area contributed by atoms with Crippen molar-refractivity contribution in [1.29, 1.82) is 0 Å². The van der Waals surface area contributed by atoms with Crippen molar-refractivity contribution >= 4 is 11.0 Å². The van der Waals surface area contributed by atoms with E-state index in [1.54, 1.807) is 13.0 Å². The summed E-state index contributed by atoms with van der Waals surface area (Å²) in [6.45, 7) is 1.40. The summed E-state index contributed by atoms with van der Waals surface area (Å²) in [5, 5.41) is 28.2. The first kappa shape index (κ1) is 15.1. The molecule has 21 heavy (non-hydrogen) atoms. The molecule has 1 heterocycles. The van der Waals surface area contributed by atoms with Crippen LogP contribution < -0.4 is 15.1 Å². The van der Waals surface area contributed by atoms with Gasteiger partial charge in [-0.25, -0.2) is 4.79 Å². The first-order chi connectivity index (χ1) is 10.1. The van der Waals surface area contributed by atoms with Gasteiger partial charge in [-0.3, -0.25) is 0 Å². The number of hydrogen-bond acceptors (Lipinski definition) is 7. The summed E-state index contributed by atoms with van der Waals surface area (Å²) in [7, 11) is 0. The second-order valence-corrected chi connectivity index (χ2v) is 4.31. The number of benzene rings is 1. The van der Waals surface area contributed by atoms with E-state index in [4.69, 9.17) is 19.0 Å². The minimum absolute atomic E-state index is 0.102. The lowest BCUT2D eigenvalue weighted by atomic mass is 10.2. The maximum atomic E-state index is 11.7. The van der Waals surface area contributed by atoms with Gasteiger partial charge in [0.15, 0.2) is 5.75 Å². The SMILES string of the molecule is CCOc1c(O)c2ccc(OCC(O)CO)cc2oc1=O. The molecule has 0 spiro atoms. The molecule has 0 aliphatic rings. The van der Waals surface area contributed by atoms with Crippen LogP contribution in [0.3, 0.4) is 0 Å². The van der Waals surface area contributed by atoms with Crippen molar-refractivity contribution < 1.29 is 29.2 Å². The second kappa shape index (κ2) is 6.47. The van der Waals surface area contributed by atoms with Crippen LogP contribution in [0.1, 0.15) is 6.92 Å². The summed E-state index contributed by atoms with van der Waals surface area (Å²) in [5.41, 5.74) is -0.647. The molecule has 0 aliphatic carbocycles. The van der Waals surface area contributed by atoms with Gasteiger partial charge in [0.05, 0.1) is 18.6 Å². The highest BCUT2D eigenvalue weighted by molar-refractivity contribution is 5.86. The van der Waals surface area contributed by atoms with E-state index in [9.17, 15) is 15.0 Å². The van der Waals surface area contributed by atoms with E-state index in [2.05, 4.69) is 0 Å². The highest BCUT2D eigenvalue weighted by Crippen LogP contribution is 2.33. The number of aliphatic hydroxyl groups is 2. The molecule has 7 nitrogen and oxygen atoms in total. The molecule has 3 N–H and O–H groups in total. The molecule has 2 rings (SSSR count). The van der Waals surface area contributed by atoms with Gasteiger partial charge in [0, 0.05) is 6.07 Å². The zero-order chi connectivity index (χ0) is 15.4. The van der Waals surface area contributed by atoms with Crippen LogP contribution in [-0.4, -0.2) is 41.2 Å². The van der Waals surface area contributed by atoms with Gasteiger partial charge < -0.3 is 29.2 Å². The minimum Gasteiger partial charge on any atom is -0.504 e.